The molecule has 72 valence electrons. The molecule has 1 heterocycles. The van der Waals surface area contributed by atoms with Gasteiger partial charge in [0.2, 0.25) is 0 Å². The van der Waals surface area contributed by atoms with Crippen LogP contribution in [0.2, 0.25) is 0 Å². The van der Waals surface area contributed by atoms with Gasteiger partial charge in [-0.3, -0.25) is 0 Å². The van der Waals surface area contributed by atoms with Gasteiger partial charge in [-0.2, -0.15) is 0 Å². The van der Waals surface area contributed by atoms with E-state index >= 15 is 0 Å². The highest BCUT2D eigenvalue weighted by atomic mass is 15.1. The van der Waals surface area contributed by atoms with Crippen LogP contribution in [0.4, 0.5) is 0 Å². The van der Waals surface area contributed by atoms with Gasteiger partial charge in [-0.05, 0) is 37.8 Å². The van der Waals surface area contributed by atoms with Crippen LogP contribution in [-0.2, 0) is 13.0 Å². The van der Waals surface area contributed by atoms with Crippen molar-refractivity contribution in [2.45, 2.75) is 45.7 Å². The Bertz CT molecular complexity index is 308. The van der Waals surface area contributed by atoms with Crippen LogP contribution in [0.15, 0.2) is 6.07 Å². The lowest BCUT2D eigenvalue weighted by molar-refractivity contribution is 0.679. The molecule has 1 aromatic heterocycles. The molecule has 2 rings (SSSR count). The molecular weight excluding hydrogens is 160 g/mol. The van der Waals surface area contributed by atoms with E-state index in [2.05, 4.69) is 24.5 Å². The molecule has 1 aromatic rings. The minimum Gasteiger partial charge on any atom is -0.346 e. The Balaban J connectivity index is 2.43. The van der Waals surface area contributed by atoms with Crippen molar-refractivity contribution in [2.75, 3.05) is 0 Å². The summed E-state index contributed by atoms with van der Waals surface area (Å²) in [6, 6.07) is 3.06. The Labute approximate surface area is 79.7 Å². The Morgan fingerprint density at radius 2 is 2.23 bits per heavy atom. The molecular formula is C11H18N2. The summed E-state index contributed by atoms with van der Waals surface area (Å²) in [5.74, 6) is 0. The van der Waals surface area contributed by atoms with E-state index in [1.54, 1.807) is 0 Å². The fraction of sp³-hybridized carbons (Fsp3) is 0.636. The fourth-order valence-corrected chi connectivity index (χ4v) is 2.07. The van der Waals surface area contributed by atoms with E-state index in [0.29, 0.717) is 6.54 Å². The Morgan fingerprint density at radius 1 is 1.54 bits per heavy atom. The van der Waals surface area contributed by atoms with Crippen LogP contribution < -0.4 is 5.73 Å². The zero-order valence-electron chi connectivity index (χ0n) is 8.51. The molecule has 2 heteroatoms. The smallest absolute Gasteiger partial charge is 0.0337 e. The molecule has 0 radical (unpaired) electrons. The van der Waals surface area contributed by atoms with Crippen LogP contribution in [-0.4, -0.2) is 4.57 Å². The molecule has 0 bridgehead atoms. The lowest BCUT2D eigenvalue weighted by atomic mass is 10.2. The Morgan fingerprint density at radius 3 is 2.69 bits per heavy atom. The van der Waals surface area contributed by atoms with E-state index in [1.807, 2.05) is 0 Å². The van der Waals surface area contributed by atoms with Crippen LogP contribution in [0, 0.1) is 6.92 Å². The van der Waals surface area contributed by atoms with Gasteiger partial charge in [-0.15, -0.1) is 0 Å². The highest BCUT2D eigenvalue weighted by molar-refractivity contribution is 5.29. The second-order valence-corrected chi connectivity index (χ2v) is 3.91. The maximum Gasteiger partial charge on any atom is 0.0337 e. The summed E-state index contributed by atoms with van der Waals surface area (Å²) in [7, 11) is 0. The normalized spacial score (nSPS) is 16.5. The number of nitrogens with two attached hydrogens (primary N) is 1. The molecule has 1 saturated carbocycles. The van der Waals surface area contributed by atoms with Gasteiger partial charge < -0.3 is 10.3 Å². The van der Waals surface area contributed by atoms with Crippen LogP contribution in [0.25, 0.3) is 0 Å². The van der Waals surface area contributed by atoms with Gasteiger partial charge in [0.1, 0.15) is 0 Å². The Hall–Kier alpha value is -0.760. The highest BCUT2D eigenvalue weighted by Crippen LogP contribution is 2.38. The third-order valence-electron chi connectivity index (χ3n) is 2.97. The lowest BCUT2D eigenvalue weighted by Crippen LogP contribution is -2.03. The standard InChI is InChI=1S/C11H18N2/c1-3-10-6-9(7-12)8(2)13(10)11-4-5-11/h6,11H,3-5,7,12H2,1-2H3. The largest absolute Gasteiger partial charge is 0.346 e. The lowest BCUT2D eigenvalue weighted by Gasteiger charge is -2.08. The molecule has 0 aliphatic heterocycles. The van der Waals surface area contributed by atoms with Gasteiger partial charge in [0.05, 0.1) is 0 Å². The van der Waals surface area contributed by atoms with Crippen LogP contribution in [0.1, 0.15) is 42.8 Å². The second-order valence-electron chi connectivity index (χ2n) is 3.91. The molecule has 13 heavy (non-hydrogen) atoms. The molecule has 0 amide bonds. The molecule has 2 nitrogen and oxygen atoms in total. The van der Waals surface area contributed by atoms with E-state index < -0.39 is 0 Å². The van der Waals surface area contributed by atoms with Crippen LogP contribution in [0.5, 0.6) is 0 Å². The summed E-state index contributed by atoms with van der Waals surface area (Å²) in [5.41, 5.74) is 9.87. The number of hydrogen-bond acceptors (Lipinski definition) is 1. The number of nitrogens with zero attached hydrogens (tertiary/aromatic N) is 1. The molecule has 0 unspecified atom stereocenters. The zero-order valence-corrected chi connectivity index (χ0v) is 8.51. The number of rotatable bonds is 3. The molecule has 0 saturated heterocycles. The molecule has 1 aliphatic carbocycles. The van der Waals surface area contributed by atoms with E-state index in [0.717, 1.165) is 12.5 Å². The second kappa shape index (κ2) is 3.18. The third-order valence-corrected chi connectivity index (χ3v) is 2.97. The van der Waals surface area contributed by atoms with Gasteiger partial charge in [0, 0.05) is 24.0 Å². The fourth-order valence-electron chi connectivity index (χ4n) is 2.07. The molecule has 0 spiro atoms. The molecule has 1 aliphatic rings. The first kappa shape index (κ1) is 8.82. The predicted octanol–water partition coefficient (Wildman–Crippen LogP) is 2.15. The SMILES string of the molecule is CCc1cc(CN)c(C)n1C1CC1. The first-order chi connectivity index (χ1) is 6.27. The average molecular weight is 178 g/mol. The van der Waals surface area contributed by atoms with E-state index in [-0.39, 0.29) is 0 Å². The van der Waals surface area contributed by atoms with Gasteiger partial charge in [-0.25, -0.2) is 0 Å². The highest BCUT2D eigenvalue weighted by Gasteiger charge is 2.27. The predicted molar refractivity (Wildman–Crippen MR) is 54.7 cm³/mol. The first-order valence-corrected chi connectivity index (χ1v) is 5.17. The first-order valence-electron chi connectivity index (χ1n) is 5.17. The van der Waals surface area contributed by atoms with Crippen molar-refractivity contribution < 1.29 is 0 Å². The van der Waals surface area contributed by atoms with Crippen molar-refractivity contribution in [1.82, 2.24) is 4.57 Å². The van der Waals surface area contributed by atoms with Crippen LogP contribution in [0.3, 0.4) is 0 Å². The summed E-state index contributed by atoms with van der Waals surface area (Å²) < 4.78 is 2.49. The van der Waals surface area contributed by atoms with Crippen molar-refractivity contribution in [2.24, 2.45) is 5.73 Å². The van der Waals surface area contributed by atoms with Crippen LogP contribution >= 0.6 is 0 Å². The molecule has 0 atom stereocenters. The van der Waals surface area contributed by atoms with Crippen molar-refractivity contribution in [3.63, 3.8) is 0 Å². The van der Waals surface area contributed by atoms with Crippen molar-refractivity contribution in [3.8, 4) is 0 Å². The van der Waals surface area contributed by atoms with Gasteiger partial charge >= 0.3 is 0 Å². The number of aromatic nitrogens is 1. The van der Waals surface area contributed by atoms with Crippen molar-refractivity contribution in [1.29, 1.82) is 0 Å². The summed E-state index contributed by atoms with van der Waals surface area (Å²) in [6.07, 6.45) is 3.83. The topological polar surface area (TPSA) is 30.9 Å². The quantitative estimate of drug-likeness (QED) is 0.755. The summed E-state index contributed by atoms with van der Waals surface area (Å²) in [4.78, 5) is 0. The maximum atomic E-state index is 5.69. The number of aryl methyl sites for hydroxylation is 1. The summed E-state index contributed by atoms with van der Waals surface area (Å²) >= 11 is 0. The summed E-state index contributed by atoms with van der Waals surface area (Å²) in [6.45, 7) is 5.09. The van der Waals surface area contributed by atoms with Gasteiger partial charge in [0.15, 0.2) is 0 Å². The van der Waals surface area contributed by atoms with E-state index in [4.69, 9.17) is 5.73 Å². The van der Waals surface area contributed by atoms with E-state index in [1.165, 1.54) is 29.8 Å². The zero-order chi connectivity index (χ0) is 9.42. The minimum atomic E-state index is 0.679. The van der Waals surface area contributed by atoms with Gasteiger partial charge in [-0.1, -0.05) is 6.92 Å². The monoisotopic (exact) mass is 178 g/mol. The van der Waals surface area contributed by atoms with Crippen molar-refractivity contribution in [3.05, 3.63) is 23.0 Å². The third kappa shape index (κ3) is 1.39. The molecule has 1 fully saturated rings. The Kier molecular flexibility index (Phi) is 2.16. The van der Waals surface area contributed by atoms with Gasteiger partial charge in [0.25, 0.3) is 0 Å². The number of hydrogen-bond donors (Lipinski definition) is 1. The van der Waals surface area contributed by atoms with E-state index in [9.17, 15) is 0 Å². The maximum absolute atomic E-state index is 5.69. The summed E-state index contributed by atoms with van der Waals surface area (Å²) in [5, 5.41) is 0. The minimum absolute atomic E-state index is 0.679. The average Bonchev–Trinajstić information content (AvgIpc) is 2.91. The molecule has 2 N–H and O–H groups in total. The van der Waals surface area contributed by atoms with Crippen molar-refractivity contribution >= 4 is 0 Å². The molecule has 0 aromatic carbocycles.